The van der Waals surface area contributed by atoms with Gasteiger partial charge >= 0.3 is 5.97 Å². The summed E-state index contributed by atoms with van der Waals surface area (Å²) in [6.07, 6.45) is 1.89. The van der Waals surface area contributed by atoms with Gasteiger partial charge in [-0.2, -0.15) is 0 Å². The van der Waals surface area contributed by atoms with Crippen molar-refractivity contribution in [3.63, 3.8) is 0 Å². The predicted molar refractivity (Wildman–Crippen MR) is 123 cm³/mol. The second-order valence-electron chi connectivity index (χ2n) is 7.17. The monoisotopic (exact) mass is 437 g/mol. The third-order valence-electron chi connectivity index (χ3n) is 4.91. The van der Waals surface area contributed by atoms with Gasteiger partial charge in [0, 0.05) is 5.70 Å². The summed E-state index contributed by atoms with van der Waals surface area (Å²) in [6, 6.07) is 13.4. The maximum Gasteiger partial charge on any atom is 0.311 e. The number of aliphatic imine (C=N–C) groups is 1. The van der Waals surface area contributed by atoms with Gasteiger partial charge in [-0.3, -0.25) is 9.59 Å². The summed E-state index contributed by atoms with van der Waals surface area (Å²) in [7, 11) is 1.36. The van der Waals surface area contributed by atoms with E-state index in [1.54, 1.807) is 11.0 Å². The van der Waals surface area contributed by atoms with Crippen molar-refractivity contribution in [3.05, 3.63) is 59.8 Å². The van der Waals surface area contributed by atoms with Gasteiger partial charge in [0.25, 0.3) is 0 Å². The van der Waals surface area contributed by atoms with Crippen molar-refractivity contribution < 1.29 is 19.1 Å². The zero-order valence-corrected chi connectivity index (χ0v) is 18.2. The highest BCUT2D eigenvalue weighted by atomic mass is 32.2. The number of benzene rings is 2. The molecule has 4 rings (SSSR count). The van der Waals surface area contributed by atoms with E-state index in [1.165, 1.54) is 18.9 Å². The lowest BCUT2D eigenvalue weighted by molar-refractivity contribution is -0.139. The van der Waals surface area contributed by atoms with Crippen LogP contribution in [0.2, 0.25) is 0 Å². The Bertz CT molecular complexity index is 1080. The number of hydrogen-bond acceptors (Lipinski definition) is 7. The van der Waals surface area contributed by atoms with E-state index in [-0.39, 0.29) is 24.1 Å². The molecule has 1 amide bonds. The Hall–Kier alpha value is -3.26. The Kier molecular flexibility index (Phi) is 6.27. The van der Waals surface area contributed by atoms with E-state index in [0.717, 1.165) is 28.4 Å². The van der Waals surface area contributed by atoms with Gasteiger partial charge < -0.3 is 19.7 Å². The third kappa shape index (κ3) is 4.91. The van der Waals surface area contributed by atoms with Crippen molar-refractivity contribution >= 4 is 45.7 Å². The second-order valence-corrected chi connectivity index (χ2v) is 8.16. The quantitative estimate of drug-likeness (QED) is 0.727. The zero-order valence-electron chi connectivity index (χ0n) is 17.4. The number of methoxy groups -OCH3 is 1. The molecule has 0 bridgehead atoms. The average Bonchev–Trinajstić information content (AvgIpc) is 2.95. The zero-order chi connectivity index (χ0) is 21.8. The van der Waals surface area contributed by atoms with Gasteiger partial charge in [-0.1, -0.05) is 30.0 Å². The van der Waals surface area contributed by atoms with Crippen LogP contribution in [-0.4, -0.2) is 42.9 Å². The van der Waals surface area contributed by atoms with Crippen molar-refractivity contribution in [2.75, 3.05) is 36.2 Å². The fraction of sp³-hybridized carbons (Fsp3) is 0.261. The van der Waals surface area contributed by atoms with Crippen LogP contribution < -0.4 is 15.0 Å². The number of fused-ring (bicyclic) bond motifs is 2. The van der Waals surface area contributed by atoms with Gasteiger partial charge in [-0.15, -0.1) is 0 Å². The van der Waals surface area contributed by atoms with Gasteiger partial charge in [-0.25, -0.2) is 4.99 Å². The minimum absolute atomic E-state index is 0.0174. The molecule has 2 aliphatic rings. The van der Waals surface area contributed by atoms with Crippen molar-refractivity contribution in [2.45, 2.75) is 13.3 Å². The Morgan fingerprint density at radius 2 is 2.10 bits per heavy atom. The molecule has 0 radical (unpaired) electrons. The second kappa shape index (κ2) is 9.26. The van der Waals surface area contributed by atoms with Crippen LogP contribution in [0.15, 0.2) is 59.2 Å². The van der Waals surface area contributed by atoms with E-state index in [2.05, 4.69) is 5.32 Å². The maximum absolute atomic E-state index is 13.0. The smallest absolute Gasteiger partial charge is 0.311 e. The van der Waals surface area contributed by atoms with Crippen LogP contribution in [0.4, 0.5) is 17.1 Å². The van der Waals surface area contributed by atoms with Crippen molar-refractivity contribution in [1.29, 1.82) is 0 Å². The normalized spacial score (nSPS) is 14.7. The van der Waals surface area contributed by atoms with E-state index in [9.17, 15) is 9.59 Å². The first kappa shape index (κ1) is 21.0. The van der Waals surface area contributed by atoms with Crippen molar-refractivity contribution in [2.24, 2.45) is 4.99 Å². The Balaban J connectivity index is 1.53. The molecule has 0 aromatic heterocycles. The molecule has 2 heterocycles. The van der Waals surface area contributed by atoms with Gasteiger partial charge in [0.1, 0.15) is 12.4 Å². The van der Waals surface area contributed by atoms with Gasteiger partial charge in [0.2, 0.25) is 5.91 Å². The SMILES string of the molecule is COC(=O)CC1=CC(SCC(=O)N2CCOc3ccc(C)cc32)=Nc2ccccc2N1. The molecule has 0 saturated heterocycles. The Morgan fingerprint density at radius 3 is 2.94 bits per heavy atom. The van der Waals surface area contributed by atoms with Crippen LogP contribution >= 0.6 is 11.8 Å². The number of nitrogens with one attached hydrogen (secondary N) is 1. The average molecular weight is 438 g/mol. The van der Waals surface area contributed by atoms with Crippen LogP contribution in [0.25, 0.3) is 0 Å². The lowest BCUT2D eigenvalue weighted by Gasteiger charge is -2.29. The summed E-state index contributed by atoms with van der Waals surface area (Å²) in [5.74, 6) is 0.576. The van der Waals surface area contributed by atoms with Gasteiger partial charge in [0.15, 0.2) is 0 Å². The number of thioether (sulfide) groups is 1. The lowest BCUT2D eigenvalue weighted by Crippen LogP contribution is -2.39. The fourth-order valence-electron chi connectivity index (χ4n) is 3.38. The van der Waals surface area contributed by atoms with Crippen LogP contribution in [0.3, 0.4) is 0 Å². The number of para-hydroxylation sites is 2. The molecule has 0 saturated carbocycles. The number of carbonyl (C=O) groups excluding carboxylic acids is 2. The molecule has 0 atom stereocenters. The third-order valence-corrected chi connectivity index (χ3v) is 5.81. The summed E-state index contributed by atoms with van der Waals surface area (Å²) in [5.41, 5.74) is 4.09. The number of ether oxygens (including phenoxy) is 2. The molecular weight excluding hydrogens is 414 g/mol. The highest BCUT2D eigenvalue weighted by Crippen LogP contribution is 2.34. The largest absolute Gasteiger partial charge is 0.490 e. The highest BCUT2D eigenvalue weighted by molar-refractivity contribution is 8.14. The Morgan fingerprint density at radius 1 is 1.26 bits per heavy atom. The number of amides is 1. The molecule has 1 N–H and O–H groups in total. The summed E-state index contributed by atoms with van der Waals surface area (Å²) in [6.45, 7) is 2.97. The maximum atomic E-state index is 13.0. The number of esters is 1. The minimum Gasteiger partial charge on any atom is -0.490 e. The minimum atomic E-state index is -0.348. The first-order chi connectivity index (χ1) is 15.0. The van der Waals surface area contributed by atoms with E-state index in [1.807, 2.05) is 49.4 Å². The van der Waals surface area contributed by atoms with E-state index < -0.39 is 0 Å². The van der Waals surface area contributed by atoms with Gasteiger partial charge in [-0.05, 0) is 42.8 Å². The van der Waals surface area contributed by atoms with E-state index in [0.29, 0.717) is 23.9 Å². The van der Waals surface area contributed by atoms with E-state index >= 15 is 0 Å². The molecule has 2 aliphatic heterocycles. The van der Waals surface area contributed by atoms with Crippen molar-refractivity contribution in [3.8, 4) is 5.75 Å². The molecule has 0 aliphatic carbocycles. The first-order valence-corrected chi connectivity index (χ1v) is 10.9. The summed E-state index contributed by atoms with van der Waals surface area (Å²) in [4.78, 5) is 31.3. The van der Waals surface area contributed by atoms with Crippen molar-refractivity contribution in [1.82, 2.24) is 0 Å². The number of nitrogens with zero attached hydrogens (tertiary/aromatic N) is 2. The predicted octanol–water partition coefficient (Wildman–Crippen LogP) is 4.06. The topological polar surface area (TPSA) is 80.2 Å². The van der Waals surface area contributed by atoms with Crippen LogP contribution in [-0.2, 0) is 14.3 Å². The fourth-order valence-corrected chi connectivity index (χ4v) is 4.20. The summed E-state index contributed by atoms with van der Waals surface area (Å²) >= 11 is 1.34. The molecule has 0 unspecified atom stereocenters. The van der Waals surface area contributed by atoms with Crippen LogP contribution in [0.1, 0.15) is 12.0 Å². The molecule has 2 aromatic rings. The standard InChI is InChI=1S/C23H23N3O4S/c1-15-7-8-20-19(11-15)26(9-10-30-20)22(27)14-31-21-12-16(13-23(28)29-2)24-17-5-3-4-6-18(17)25-21/h3-8,11-12,24H,9-10,13-14H2,1-2H3. The number of aryl methyl sites for hydroxylation is 1. The molecular formula is C23H23N3O4S. The summed E-state index contributed by atoms with van der Waals surface area (Å²) in [5, 5.41) is 3.90. The molecule has 0 fully saturated rings. The van der Waals surface area contributed by atoms with Gasteiger partial charge in [0.05, 0.1) is 47.9 Å². The lowest BCUT2D eigenvalue weighted by atomic mass is 10.1. The number of hydrogen-bond donors (Lipinski definition) is 1. The molecule has 31 heavy (non-hydrogen) atoms. The highest BCUT2D eigenvalue weighted by Gasteiger charge is 2.24. The molecule has 160 valence electrons. The molecule has 0 spiro atoms. The molecule has 8 heteroatoms. The number of rotatable bonds is 4. The molecule has 7 nitrogen and oxygen atoms in total. The van der Waals surface area contributed by atoms with Crippen LogP contribution in [0.5, 0.6) is 5.75 Å². The van der Waals surface area contributed by atoms with Crippen LogP contribution in [0, 0.1) is 6.92 Å². The number of carbonyl (C=O) groups is 2. The number of anilines is 2. The Labute approximate surface area is 185 Å². The van der Waals surface area contributed by atoms with E-state index in [4.69, 9.17) is 14.5 Å². The molecule has 2 aromatic carbocycles. The summed E-state index contributed by atoms with van der Waals surface area (Å²) < 4.78 is 10.5. The first-order valence-electron chi connectivity index (χ1n) is 9.92.